The molecule has 2 aliphatic rings. The van der Waals surface area contributed by atoms with Gasteiger partial charge < -0.3 is 20.0 Å². The van der Waals surface area contributed by atoms with Crippen molar-refractivity contribution in [3.8, 4) is 0 Å². The Bertz CT molecular complexity index is 870. The number of imide groups is 1. The summed E-state index contributed by atoms with van der Waals surface area (Å²) in [6.07, 6.45) is 6.32. The van der Waals surface area contributed by atoms with Crippen molar-refractivity contribution < 1.29 is 18.8 Å². The van der Waals surface area contributed by atoms with Crippen LogP contribution in [0.25, 0.3) is 0 Å². The maximum Gasteiger partial charge on any atom is 0.327 e. The van der Waals surface area contributed by atoms with E-state index in [2.05, 4.69) is 15.6 Å². The standard InChI is InChI=1S/C20H23N5O4/c26-17(23-11-15-5-3-9-29-15)13-24-16-6-2-8-22-18(16)19(27)25(20(24)28)12-14-4-1-7-21-10-14/h1,3-5,7,9-10,16,18,22H,2,6,8,11-13H2,(H,23,26). The summed E-state index contributed by atoms with van der Waals surface area (Å²) in [7, 11) is 0. The van der Waals surface area contributed by atoms with E-state index in [1.807, 2.05) is 6.07 Å². The van der Waals surface area contributed by atoms with Crippen molar-refractivity contribution in [2.24, 2.45) is 0 Å². The number of aromatic nitrogens is 1. The van der Waals surface area contributed by atoms with E-state index in [4.69, 9.17) is 4.42 Å². The lowest BCUT2D eigenvalue weighted by atomic mass is 9.93. The van der Waals surface area contributed by atoms with E-state index >= 15 is 0 Å². The van der Waals surface area contributed by atoms with Crippen LogP contribution in [0.3, 0.4) is 0 Å². The normalized spacial score (nSPS) is 21.8. The lowest BCUT2D eigenvalue weighted by Crippen LogP contribution is -2.70. The summed E-state index contributed by atoms with van der Waals surface area (Å²) in [6.45, 7) is 0.971. The number of carbonyl (C=O) groups is 3. The van der Waals surface area contributed by atoms with Crippen LogP contribution in [0.15, 0.2) is 47.3 Å². The smallest absolute Gasteiger partial charge is 0.327 e. The molecule has 0 bridgehead atoms. The van der Waals surface area contributed by atoms with E-state index in [-0.39, 0.29) is 37.5 Å². The zero-order valence-electron chi connectivity index (χ0n) is 15.9. The van der Waals surface area contributed by atoms with Crippen LogP contribution in [-0.4, -0.2) is 57.8 Å². The summed E-state index contributed by atoms with van der Waals surface area (Å²) >= 11 is 0. The van der Waals surface area contributed by atoms with Crippen molar-refractivity contribution in [3.05, 3.63) is 54.2 Å². The molecular formula is C20H23N5O4. The molecule has 2 fully saturated rings. The average molecular weight is 397 g/mol. The molecule has 2 saturated heterocycles. The number of fused-ring (bicyclic) bond motifs is 1. The Morgan fingerprint density at radius 2 is 2.21 bits per heavy atom. The third kappa shape index (κ3) is 4.14. The van der Waals surface area contributed by atoms with Crippen LogP contribution in [0.5, 0.6) is 0 Å². The maximum absolute atomic E-state index is 13.1. The zero-order valence-corrected chi connectivity index (χ0v) is 15.9. The lowest BCUT2D eigenvalue weighted by Gasteiger charge is -2.46. The van der Waals surface area contributed by atoms with Gasteiger partial charge in [-0.15, -0.1) is 0 Å². The molecule has 0 aromatic carbocycles. The Balaban J connectivity index is 1.49. The Labute approximate surface area is 168 Å². The summed E-state index contributed by atoms with van der Waals surface area (Å²) in [4.78, 5) is 45.4. The number of pyridine rings is 1. The highest BCUT2D eigenvalue weighted by Gasteiger charge is 2.47. The Hall–Kier alpha value is -3.20. The molecule has 2 aromatic rings. The van der Waals surface area contributed by atoms with Crippen LogP contribution in [0.4, 0.5) is 4.79 Å². The Kier molecular flexibility index (Phi) is 5.57. The van der Waals surface area contributed by atoms with Gasteiger partial charge in [0.15, 0.2) is 0 Å². The number of piperidine rings is 1. The number of nitrogens with one attached hydrogen (secondary N) is 2. The fraction of sp³-hybridized carbons (Fsp3) is 0.400. The van der Waals surface area contributed by atoms with Gasteiger partial charge in [-0.05, 0) is 43.1 Å². The summed E-state index contributed by atoms with van der Waals surface area (Å²) in [5.74, 6) is 0.0828. The number of hydrogen-bond acceptors (Lipinski definition) is 6. The van der Waals surface area contributed by atoms with E-state index in [0.29, 0.717) is 18.7 Å². The average Bonchev–Trinajstić information content (AvgIpc) is 3.27. The molecule has 2 atom stereocenters. The van der Waals surface area contributed by atoms with Crippen molar-refractivity contribution in [2.75, 3.05) is 13.1 Å². The largest absolute Gasteiger partial charge is 0.467 e. The second-order valence-electron chi connectivity index (χ2n) is 7.19. The van der Waals surface area contributed by atoms with E-state index in [9.17, 15) is 14.4 Å². The Morgan fingerprint density at radius 3 is 2.97 bits per heavy atom. The van der Waals surface area contributed by atoms with Crippen molar-refractivity contribution in [3.63, 3.8) is 0 Å². The van der Waals surface area contributed by atoms with Gasteiger partial charge in [0, 0.05) is 12.4 Å². The van der Waals surface area contributed by atoms with E-state index in [0.717, 1.165) is 12.0 Å². The summed E-state index contributed by atoms with van der Waals surface area (Å²) in [5.41, 5.74) is 0.755. The number of furan rings is 1. The number of carbonyl (C=O) groups excluding carboxylic acids is 3. The summed E-state index contributed by atoms with van der Waals surface area (Å²) < 4.78 is 5.21. The first kappa shape index (κ1) is 19.1. The third-order valence-corrected chi connectivity index (χ3v) is 5.25. The number of rotatable bonds is 6. The van der Waals surface area contributed by atoms with Crippen LogP contribution in [0.1, 0.15) is 24.2 Å². The SMILES string of the molecule is O=C(CN1C(=O)N(Cc2cccnc2)C(=O)C2NCCCC21)NCc1ccco1. The predicted molar refractivity (Wildman–Crippen MR) is 102 cm³/mol. The third-order valence-electron chi connectivity index (χ3n) is 5.25. The number of hydrogen-bond donors (Lipinski definition) is 2. The zero-order chi connectivity index (χ0) is 20.2. The molecule has 4 heterocycles. The van der Waals surface area contributed by atoms with E-state index < -0.39 is 12.1 Å². The maximum atomic E-state index is 13.1. The van der Waals surface area contributed by atoms with Crippen LogP contribution in [0, 0.1) is 0 Å². The molecule has 2 aliphatic heterocycles. The molecule has 0 spiro atoms. The first-order chi connectivity index (χ1) is 14.1. The molecular weight excluding hydrogens is 374 g/mol. The van der Waals surface area contributed by atoms with E-state index in [1.54, 1.807) is 30.6 Å². The number of nitrogens with zero attached hydrogens (tertiary/aromatic N) is 3. The van der Waals surface area contributed by atoms with Crippen molar-refractivity contribution in [1.82, 2.24) is 25.4 Å². The molecule has 4 amide bonds. The molecule has 9 heteroatoms. The molecule has 152 valence electrons. The monoisotopic (exact) mass is 397 g/mol. The molecule has 29 heavy (non-hydrogen) atoms. The van der Waals surface area contributed by atoms with Gasteiger partial charge in [-0.2, -0.15) is 0 Å². The van der Waals surface area contributed by atoms with E-state index in [1.165, 1.54) is 16.1 Å². The molecule has 0 radical (unpaired) electrons. The first-order valence-corrected chi connectivity index (χ1v) is 9.67. The van der Waals surface area contributed by atoms with Gasteiger partial charge in [-0.3, -0.25) is 19.5 Å². The second-order valence-corrected chi connectivity index (χ2v) is 7.19. The van der Waals surface area contributed by atoms with Crippen LogP contribution >= 0.6 is 0 Å². The van der Waals surface area contributed by atoms with Crippen LogP contribution < -0.4 is 10.6 Å². The van der Waals surface area contributed by atoms with Gasteiger partial charge in [-0.25, -0.2) is 4.79 Å². The van der Waals surface area contributed by atoms with Crippen molar-refractivity contribution in [2.45, 2.75) is 38.0 Å². The van der Waals surface area contributed by atoms with Crippen molar-refractivity contribution in [1.29, 1.82) is 0 Å². The van der Waals surface area contributed by atoms with Crippen molar-refractivity contribution >= 4 is 17.8 Å². The van der Waals surface area contributed by atoms with Gasteiger partial charge >= 0.3 is 6.03 Å². The van der Waals surface area contributed by atoms with Gasteiger partial charge in [0.1, 0.15) is 18.3 Å². The minimum atomic E-state index is -0.504. The van der Waals surface area contributed by atoms with Gasteiger partial charge in [0.25, 0.3) is 0 Å². The van der Waals surface area contributed by atoms with Gasteiger partial charge in [0.05, 0.1) is 25.4 Å². The lowest BCUT2D eigenvalue weighted by molar-refractivity contribution is -0.139. The fourth-order valence-electron chi connectivity index (χ4n) is 3.83. The topological polar surface area (TPSA) is 108 Å². The molecule has 2 N–H and O–H groups in total. The molecule has 0 saturated carbocycles. The van der Waals surface area contributed by atoms with Gasteiger partial charge in [0.2, 0.25) is 11.8 Å². The van der Waals surface area contributed by atoms with Crippen LogP contribution in [0.2, 0.25) is 0 Å². The molecule has 2 unspecified atom stereocenters. The number of urea groups is 1. The first-order valence-electron chi connectivity index (χ1n) is 9.67. The molecule has 4 rings (SSSR count). The minimum Gasteiger partial charge on any atom is -0.467 e. The highest BCUT2D eigenvalue weighted by molar-refractivity contribution is 6.01. The summed E-state index contributed by atoms with van der Waals surface area (Å²) in [6, 6.07) is 5.80. The second kappa shape index (κ2) is 8.44. The highest BCUT2D eigenvalue weighted by Crippen LogP contribution is 2.25. The summed E-state index contributed by atoms with van der Waals surface area (Å²) in [5, 5.41) is 5.98. The quantitative estimate of drug-likeness (QED) is 0.749. The minimum absolute atomic E-state index is 0.112. The molecule has 0 aliphatic carbocycles. The van der Waals surface area contributed by atoms with Gasteiger partial charge in [-0.1, -0.05) is 6.07 Å². The highest BCUT2D eigenvalue weighted by atomic mass is 16.3. The molecule has 9 nitrogen and oxygen atoms in total. The molecule has 2 aromatic heterocycles. The fourth-order valence-corrected chi connectivity index (χ4v) is 3.83. The van der Waals surface area contributed by atoms with Crippen LogP contribution in [-0.2, 0) is 22.7 Å². The Morgan fingerprint density at radius 1 is 1.31 bits per heavy atom. The predicted octanol–water partition coefficient (Wildman–Crippen LogP) is 0.876. The number of amides is 4.